The zero-order chi connectivity index (χ0) is 31.9. The van der Waals surface area contributed by atoms with E-state index in [1.165, 1.54) is 54.8 Å². The van der Waals surface area contributed by atoms with E-state index in [0.717, 1.165) is 22.7 Å². The first-order valence-corrected chi connectivity index (χ1v) is 16.4. The zero-order valence-electron chi connectivity index (χ0n) is 26.4. The SMILES string of the molecule is c1ccc(N(c2cccc(-c3cccc4ccccc34)c2)c2cccc(-c3cccc4c3c3ccccc3n4-c3ccccc3)c2)cc1. The molecule has 0 saturated carbocycles. The predicted octanol–water partition coefficient (Wildman–Crippen LogP) is 12.7. The third-order valence-electron chi connectivity index (χ3n) is 9.35. The van der Waals surface area contributed by atoms with Crippen LogP contribution in [0.4, 0.5) is 17.1 Å². The third kappa shape index (κ3) is 4.74. The molecule has 1 aromatic heterocycles. The number of fused-ring (bicyclic) bond motifs is 4. The van der Waals surface area contributed by atoms with Crippen LogP contribution in [0.15, 0.2) is 194 Å². The number of hydrogen-bond donors (Lipinski definition) is 0. The van der Waals surface area contributed by atoms with Crippen molar-refractivity contribution >= 4 is 49.6 Å². The van der Waals surface area contributed by atoms with Gasteiger partial charge in [0.05, 0.1) is 11.0 Å². The molecular weight excluding hydrogens is 581 g/mol. The first-order chi connectivity index (χ1) is 23.8. The molecule has 0 spiro atoms. The molecule has 2 nitrogen and oxygen atoms in total. The summed E-state index contributed by atoms with van der Waals surface area (Å²) < 4.78 is 2.38. The maximum atomic E-state index is 2.38. The highest BCUT2D eigenvalue weighted by molar-refractivity contribution is 6.16. The Labute approximate surface area is 280 Å². The first-order valence-electron chi connectivity index (χ1n) is 16.4. The Morgan fingerprint density at radius 2 is 0.875 bits per heavy atom. The normalized spacial score (nSPS) is 11.3. The van der Waals surface area contributed by atoms with Gasteiger partial charge in [0.1, 0.15) is 0 Å². The summed E-state index contributed by atoms with van der Waals surface area (Å²) in [5.41, 5.74) is 11.7. The van der Waals surface area contributed by atoms with Gasteiger partial charge in [-0.1, -0.05) is 133 Å². The van der Waals surface area contributed by atoms with E-state index in [-0.39, 0.29) is 0 Å². The number of anilines is 3. The molecule has 0 saturated heterocycles. The summed E-state index contributed by atoms with van der Waals surface area (Å²) in [7, 11) is 0. The fourth-order valence-electron chi connectivity index (χ4n) is 7.24. The first kappa shape index (κ1) is 27.9. The minimum Gasteiger partial charge on any atom is -0.310 e. The number of rotatable bonds is 6. The van der Waals surface area contributed by atoms with Gasteiger partial charge in [-0.2, -0.15) is 0 Å². The van der Waals surface area contributed by atoms with E-state index in [1.807, 2.05) is 0 Å². The van der Waals surface area contributed by atoms with Gasteiger partial charge in [0.2, 0.25) is 0 Å². The predicted molar refractivity (Wildman–Crippen MR) is 204 cm³/mol. The molecule has 0 unspecified atom stereocenters. The number of para-hydroxylation sites is 3. The quantitative estimate of drug-likeness (QED) is 0.181. The van der Waals surface area contributed by atoms with Crippen molar-refractivity contribution in [3.63, 3.8) is 0 Å². The zero-order valence-corrected chi connectivity index (χ0v) is 26.4. The van der Waals surface area contributed by atoms with E-state index in [9.17, 15) is 0 Å². The van der Waals surface area contributed by atoms with Crippen LogP contribution in [0.25, 0.3) is 60.5 Å². The Bertz CT molecular complexity index is 2560. The summed E-state index contributed by atoms with van der Waals surface area (Å²) in [5.74, 6) is 0. The summed E-state index contributed by atoms with van der Waals surface area (Å²) in [6, 6.07) is 69.8. The van der Waals surface area contributed by atoms with E-state index in [2.05, 4.69) is 204 Å². The van der Waals surface area contributed by atoms with Gasteiger partial charge in [0, 0.05) is 33.5 Å². The van der Waals surface area contributed by atoms with Gasteiger partial charge in [0.15, 0.2) is 0 Å². The molecule has 226 valence electrons. The molecule has 0 aliphatic heterocycles. The topological polar surface area (TPSA) is 8.17 Å². The lowest BCUT2D eigenvalue weighted by molar-refractivity contribution is 1.18. The van der Waals surface area contributed by atoms with E-state index >= 15 is 0 Å². The van der Waals surface area contributed by atoms with Gasteiger partial charge in [0.25, 0.3) is 0 Å². The molecule has 9 aromatic rings. The molecule has 0 radical (unpaired) electrons. The van der Waals surface area contributed by atoms with Crippen LogP contribution in [0.5, 0.6) is 0 Å². The molecule has 0 aliphatic carbocycles. The van der Waals surface area contributed by atoms with Crippen molar-refractivity contribution < 1.29 is 0 Å². The van der Waals surface area contributed by atoms with Gasteiger partial charge < -0.3 is 9.47 Å². The average molecular weight is 613 g/mol. The Kier molecular flexibility index (Phi) is 6.84. The lowest BCUT2D eigenvalue weighted by atomic mass is 9.97. The average Bonchev–Trinajstić information content (AvgIpc) is 3.50. The van der Waals surface area contributed by atoms with Gasteiger partial charge >= 0.3 is 0 Å². The van der Waals surface area contributed by atoms with E-state index in [0.29, 0.717) is 0 Å². The number of aromatic nitrogens is 1. The van der Waals surface area contributed by atoms with Crippen molar-refractivity contribution in [2.75, 3.05) is 4.90 Å². The minimum absolute atomic E-state index is 1.11. The van der Waals surface area contributed by atoms with E-state index in [1.54, 1.807) is 0 Å². The van der Waals surface area contributed by atoms with Crippen LogP contribution in [-0.2, 0) is 0 Å². The van der Waals surface area contributed by atoms with Gasteiger partial charge in [-0.3, -0.25) is 0 Å². The fourth-order valence-corrected chi connectivity index (χ4v) is 7.24. The van der Waals surface area contributed by atoms with Crippen molar-refractivity contribution in [2.24, 2.45) is 0 Å². The van der Waals surface area contributed by atoms with Crippen molar-refractivity contribution in [3.05, 3.63) is 194 Å². The van der Waals surface area contributed by atoms with E-state index in [4.69, 9.17) is 0 Å². The second kappa shape index (κ2) is 11.8. The molecule has 0 atom stereocenters. The largest absolute Gasteiger partial charge is 0.310 e. The molecule has 48 heavy (non-hydrogen) atoms. The molecule has 0 N–H and O–H groups in total. The van der Waals surface area contributed by atoms with Gasteiger partial charge in [-0.25, -0.2) is 0 Å². The second-order valence-electron chi connectivity index (χ2n) is 12.2. The monoisotopic (exact) mass is 612 g/mol. The summed E-state index contributed by atoms with van der Waals surface area (Å²) in [5, 5.41) is 5.02. The highest BCUT2D eigenvalue weighted by atomic mass is 15.1. The molecule has 9 rings (SSSR count). The Morgan fingerprint density at radius 3 is 1.65 bits per heavy atom. The van der Waals surface area contributed by atoms with Crippen LogP contribution in [0.1, 0.15) is 0 Å². The van der Waals surface area contributed by atoms with Crippen molar-refractivity contribution in [3.8, 4) is 27.9 Å². The number of benzene rings is 8. The lowest BCUT2D eigenvalue weighted by Crippen LogP contribution is -2.10. The van der Waals surface area contributed by atoms with Crippen LogP contribution < -0.4 is 4.90 Å². The number of nitrogens with zero attached hydrogens (tertiary/aromatic N) is 2. The summed E-state index contributed by atoms with van der Waals surface area (Å²) in [6.07, 6.45) is 0. The highest BCUT2D eigenvalue weighted by Gasteiger charge is 2.18. The molecule has 2 heteroatoms. The fraction of sp³-hybridized carbons (Fsp3) is 0. The van der Waals surface area contributed by atoms with Crippen molar-refractivity contribution in [1.29, 1.82) is 0 Å². The lowest BCUT2D eigenvalue weighted by Gasteiger charge is -2.26. The van der Waals surface area contributed by atoms with Gasteiger partial charge in [-0.05, 0) is 93.7 Å². The van der Waals surface area contributed by atoms with Crippen LogP contribution in [0.3, 0.4) is 0 Å². The smallest absolute Gasteiger partial charge is 0.0547 e. The standard InChI is InChI=1S/C46H32N2/c1-3-19-36(20-4-1)47(38-23-11-17-34(31-38)41-27-13-16-33-15-7-8-25-40(33)41)39-24-12-18-35(32-39)42-28-14-30-45-46(42)43-26-9-10-29-44(43)48(45)37-21-5-2-6-22-37/h1-32H. The second-order valence-corrected chi connectivity index (χ2v) is 12.2. The Balaban J connectivity index is 1.22. The van der Waals surface area contributed by atoms with Gasteiger partial charge in [-0.15, -0.1) is 0 Å². The summed E-state index contributed by atoms with van der Waals surface area (Å²) in [4.78, 5) is 2.37. The molecule has 0 bridgehead atoms. The highest BCUT2D eigenvalue weighted by Crippen LogP contribution is 2.42. The van der Waals surface area contributed by atoms with Crippen molar-refractivity contribution in [2.45, 2.75) is 0 Å². The molecular formula is C46H32N2. The Morgan fingerprint density at radius 1 is 0.354 bits per heavy atom. The molecule has 1 heterocycles. The van der Waals surface area contributed by atoms with E-state index < -0.39 is 0 Å². The van der Waals surface area contributed by atoms with Crippen LogP contribution in [0, 0.1) is 0 Å². The summed E-state index contributed by atoms with van der Waals surface area (Å²) in [6.45, 7) is 0. The molecule has 0 amide bonds. The van der Waals surface area contributed by atoms with Crippen LogP contribution >= 0.6 is 0 Å². The van der Waals surface area contributed by atoms with Crippen molar-refractivity contribution in [1.82, 2.24) is 4.57 Å². The molecule has 8 aromatic carbocycles. The maximum Gasteiger partial charge on any atom is 0.0547 e. The molecule has 0 aliphatic rings. The number of hydrogen-bond acceptors (Lipinski definition) is 1. The minimum atomic E-state index is 1.11. The van der Waals surface area contributed by atoms with Crippen LogP contribution in [-0.4, -0.2) is 4.57 Å². The summed E-state index contributed by atoms with van der Waals surface area (Å²) >= 11 is 0. The van der Waals surface area contributed by atoms with Crippen LogP contribution in [0.2, 0.25) is 0 Å². The Hall–Kier alpha value is -6.38. The third-order valence-corrected chi connectivity index (χ3v) is 9.35. The maximum absolute atomic E-state index is 2.38. The molecule has 0 fully saturated rings.